The number of sulfone groups is 1. The van der Waals surface area contributed by atoms with Gasteiger partial charge in [0.25, 0.3) is 0 Å². The van der Waals surface area contributed by atoms with Crippen LogP contribution in [0.5, 0.6) is 0 Å². The van der Waals surface area contributed by atoms with Crippen molar-refractivity contribution in [2.45, 2.75) is 32.4 Å². The van der Waals surface area contributed by atoms with Crippen LogP contribution < -0.4 is 5.32 Å². The average molecular weight is 522 g/mol. The molecule has 1 amide bonds. The fraction of sp³-hybridized carbons (Fsp3) is 0.318. The van der Waals surface area contributed by atoms with Gasteiger partial charge in [0, 0.05) is 0 Å². The molecule has 3 aromatic rings. The van der Waals surface area contributed by atoms with Gasteiger partial charge < -0.3 is 19.2 Å². The van der Waals surface area contributed by atoms with E-state index in [-0.39, 0.29) is 46.5 Å². The molecule has 0 radical (unpaired) electrons. The number of esters is 2. The molecule has 2 aromatic heterocycles. The number of carbonyl (C=O) groups is 3. The van der Waals surface area contributed by atoms with Crippen molar-refractivity contribution in [1.29, 1.82) is 0 Å². The molecule has 0 fully saturated rings. The number of benzene rings is 1. The van der Waals surface area contributed by atoms with E-state index in [9.17, 15) is 22.8 Å². The average Bonchev–Trinajstić information content (AvgIpc) is 3.39. The first-order valence-electron chi connectivity index (χ1n) is 10.5. The van der Waals surface area contributed by atoms with Gasteiger partial charge in [-0.2, -0.15) is 0 Å². The third-order valence-electron chi connectivity index (χ3n) is 4.57. The number of hydrogen-bond donors (Lipinski definition) is 1. The summed E-state index contributed by atoms with van der Waals surface area (Å²) < 4.78 is 40.6. The zero-order valence-corrected chi connectivity index (χ0v) is 20.8. The molecule has 11 nitrogen and oxygen atoms in total. The number of hydrogen-bond acceptors (Lipinski definition) is 11. The summed E-state index contributed by atoms with van der Waals surface area (Å²) in [6, 6.07) is 9.11. The summed E-state index contributed by atoms with van der Waals surface area (Å²) in [4.78, 5) is 37.4. The minimum atomic E-state index is -4.28. The molecule has 0 aliphatic rings. The number of aromatic nitrogens is 2. The number of ether oxygens (including phenoxy) is 2. The van der Waals surface area contributed by atoms with Gasteiger partial charge in [-0.3, -0.25) is 4.79 Å². The van der Waals surface area contributed by atoms with Crippen molar-refractivity contribution < 1.29 is 36.7 Å². The van der Waals surface area contributed by atoms with E-state index in [2.05, 4.69) is 15.5 Å². The molecular formula is C22H23N3O8S2. The Morgan fingerprint density at radius 3 is 2.34 bits per heavy atom. The smallest absolute Gasteiger partial charge is 0.348 e. The number of amides is 1. The Bertz CT molecular complexity index is 1330. The van der Waals surface area contributed by atoms with Crippen molar-refractivity contribution >= 4 is 44.0 Å². The van der Waals surface area contributed by atoms with E-state index in [1.807, 2.05) is 30.3 Å². The molecule has 0 spiro atoms. The molecule has 0 saturated heterocycles. The van der Waals surface area contributed by atoms with Crippen LogP contribution in [-0.2, 0) is 30.5 Å². The predicted octanol–water partition coefficient (Wildman–Crippen LogP) is 2.80. The van der Waals surface area contributed by atoms with Gasteiger partial charge >= 0.3 is 17.2 Å². The SMILES string of the molecule is CCOC(=O)c1sc(NC(=O)CS(=O)(=O)c2nnc(Cc3ccccc3)o2)c(C(=O)OCC)c1C. The highest BCUT2D eigenvalue weighted by Crippen LogP contribution is 2.34. The normalized spacial score (nSPS) is 11.2. The molecule has 3 rings (SSSR count). The van der Waals surface area contributed by atoms with Gasteiger partial charge in [0.15, 0.2) is 0 Å². The summed E-state index contributed by atoms with van der Waals surface area (Å²) in [6.45, 7) is 4.92. The first-order chi connectivity index (χ1) is 16.7. The Balaban J connectivity index is 1.78. The van der Waals surface area contributed by atoms with Crippen molar-refractivity contribution in [1.82, 2.24) is 10.2 Å². The monoisotopic (exact) mass is 521 g/mol. The quantitative estimate of drug-likeness (QED) is 0.394. The summed E-state index contributed by atoms with van der Waals surface area (Å²) in [5, 5.41) is 8.96. The topological polar surface area (TPSA) is 155 Å². The third-order valence-corrected chi connectivity index (χ3v) is 7.10. The second-order valence-corrected chi connectivity index (χ2v) is 10.0. The van der Waals surface area contributed by atoms with Crippen LogP contribution in [0.4, 0.5) is 5.00 Å². The van der Waals surface area contributed by atoms with E-state index in [0.717, 1.165) is 16.9 Å². The minimum absolute atomic E-state index is 0.0282. The third kappa shape index (κ3) is 6.31. The number of nitrogens with zero attached hydrogens (tertiary/aromatic N) is 2. The number of nitrogens with one attached hydrogen (secondary N) is 1. The molecule has 0 aliphatic carbocycles. The summed E-state index contributed by atoms with van der Waals surface area (Å²) in [7, 11) is -4.28. The molecule has 186 valence electrons. The van der Waals surface area contributed by atoms with E-state index in [1.165, 1.54) is 6.92 Å². The zero-order chi connectivity index (χ0) is 25.6. The summed E-state index contributed by atoms with van der Waals surface area (Å²) in [6.07, 6.45) is 0.226. The number of thiophene rings is 1. The van der Waals surface area contributed by atoms with Crippen molar-refractivity contribution in [2.24, 2.45) is 0 Å². The van der Waals surface area contributed by atoms with Gasteiger partial charge in [-0.1, -0.05) is 35.4 Å². The molecule has 1 N–H and O–H groups in total. The maximum atomic E-state index is 12.7. The fourth-order valence-corrected chi connectivity index (χ4v) is 5.08. The number of anilines is 1. The summed E-state index contributed by atoms with van der Waals surface area (Å²) in [5.41, 5.74) is 1.05. The maximum Gasteiger partial charge on any atom is 0.348 e. The Labute approximate surface area is 205 Å². The molecule has 0 aliphatic heterocycles. The van der Waals surface area contributed by atoms with Gasteiger partial charge in [-0.15, -0.1) is 16.4 Å². The molecular weight excluding hydrogens is 498 g/mol. The molecule has 1 aromatic carbocycles. The molecule has 0 atom stereocenters. The highest BCUT2D eigenvalue weighted by molar-refractivity contribution is 7.91. The van der Waals surface area contributed by atoms with E-state index in [0.29, 0.717) is 0 Å². The Morgan fingerprint density at radius 1 is 1.03 bits per heavy atom. The predicted molar refractivity (Wildman–Crippen MR) is 125 cm³/mol. The minimum Gasteiger partial charge on any atom is -0.462 e. The van der Waals surface area contributed by atoms with Crippen LogP contribution in [0.2, 0.25) is 0 Å². The van der Waals surface area contributed by atoms with Crippen molar-refractivity contribution in [3.8, 4) is 0 Å². The van der Waals surface area contributed by atoms with Crippen molar-refractivity contribution in [3.05, 3.63) is 57.8 Å². The van der Waals surface area contributed by atoms with Crippen LogP contribution in [0.15, 0.2) is 40.0 Å². The van der Waals surface area contributed by atoms with Crippen molar-refractivity contribution in [3.63, 3.8) is 0 Å². The summed E-state index contributed by atoms with van der Waals surface area (Å²) >= 11 is 0.790. The number of carbonyl (C=O) groups excluding carboxylic acids is 3. The van der Waals surface area contributed by atoms with E-state index in [1.54, 1.807) is 13.8 Å². The lowest BCUT2D eigenvalue weighted by atomic mass is 10.1. The highest BCUT2D eigenvalue weighted by Gasteiger charge is 2.30. The molecule has 13 heteroatoms. The highest BCUT2D eigenvalue weighted by atomic mass is 32.2. The lowest BCUT2D eigenvalue weighted by Gasteiger charge is -2.06. The Hall–Kier alpha value is -3.58. The van der Waals surface area contributed by atoms with E-state index in [4.69, 9.17) is 13.9 Å². The van der Waals surface area contributed by atoms with Crippen LogP contribution in [0, 0.1) is 6.92 Å². The Kier molecular flexibility index (Phi) is 8.35. The van der Waals surface area contributed by atoms with Gasteiger partial charge in [-0.25, -0.2) is 18.0 Å². The summed E-state index contributed by atoms with van der Waals surface area (Å²) in [5.74, 6) is -3.35. The molecule has 35 heavy (non-hydrogen) atoms. The molecule has 0 unspecified atom stereocenters. The Morgan fingerprint density at radius 2 is 1.69 bits per heavy atom. The second-order valence-electron chi connectivity index (χ2n) is 7.13. The fourth-order valence-electron chi connectivity index (χ4n) is 3.04. The van der Waals surface area contributed by atoms with E-state index < -0.39 is 38.7 Å². The lowest BCUT2D eigenvalue weighted by molar-refractivity contribution is -0.113. The van der Waals surface area contributed by atoms with E-state index >= 15 is 0 Å². The molecule has 0 saturated carbocycles. The van der Waals surface area contributed by atoms with Gasteiger partial charge in [-0.05, 0) is 31.9 Å². The first-order valence-corrected chi connectivity index (χ1v) is 13.0. The van der Waals surface area contributed by atoms with Crippen LogP contribution in [0.1, 0.15) is 50.9 Å². The van der Waals surface area contributed by atoms with Gasteiger partial charge in [0.1, 0.15) is 15.6 Å². The lowest BCUT2D eigenvalue weighted by Crippen LogP contribution is -2.24. The van der Waals surface area contributed by atoms with Gasteiger partial charge in [0.05, 0.1) is 25.2 Å². The van der Waals surface area contributed by atoms with Crippen molar-refractivity contribution in [2.75, 3.05) is 24.3 Å². The van der Waals surface area contributed by atoms with Crippen LogP contribution in [0.25, 0.3) is 0 Å². The van der Waals surface area contributed by atoms with Gasteiger partial charge in [0.2, 0.25) is 21.6 Å². The molecule has 0 bridgehead atoms. The number of rotatable bonds is 10. The standard InChI is InChI=1S/C22H23N3O8S2/c1-4-31-20(27)17-13(3)18(21(28)32-5-2)34-19(17)23-15(26)12-35(29,30)22-25-24-16(33-22)11-14-9-7-6-8-10-14/h6-10H,4-5,11-12H2,1-3H3,(H,23,26). The second kappa shape index (κ2) is 11.2. The van der Waals surface area contributed by atoms with Crippen LogP contribution >= 0.6 is 11.3 Å². The van der Waals surface area contributed by atoms with Crippen LogP contribution in [0.3, 0.4) is 0 Å². The molecule has 2 heterocycles. The largest absolute Gasteiger partial charge is 0.462 e. The van der Waals surface area contributed by atoms with Crippen LogP contribution in [-0.4, -0.2) is 55.4 Å². The maximum absolute atomic E-state index is 12.7. The zero-order valence-electron chi connectivity index (χ0n) is 19.2. The first kappa shape index (κ1) is 26.0.